The molecule has 1 aliphatic heterocycles. The van der Waals surface area contributed by atoms with E-state index in [4.69, 9.17) is 0 Å². The van der Waals surface area contributed by atoms with Crippen molar-refractivity contribution >= 4 is 24.1 Å². The Bertz CT molecular complexity index is 554. The van der Waals surface area contributed by atoms with Crippen LogP contribution in [0, 0.1) is 0 Å². The van der Waals surface area contributed by atoms with Crippen LogP contribution in [-0.2, 0) is 17.6 Å². The molecule has 1 unspecified atom stereocenters. The predicted molar refractivity (Wildman–Crippen MR) is 88.7 cm³/mol. The maximum absolute atomic E-state index is 12.2. The fourth-order valence-electron chi connectivity index (χ4n) is 3.19. The summed E-state index contributed by atoms with van der Waals surface area (Å²) in [7, 11) is 0. The van der Waals surface area contributed by atoms with E-state index < -0.39 is 0 Å². The summed E-state index contributed by atoms with van der Waals surface area (Å²) in [6.45, 7) is 1.80. The highest BCUT2D eigenvalue weighted by Crippen LogP contribution is 2.23. The number of hydrogen-bond acceptors (Lipinski definition) is 3. The second-order valence-corrected chi connectivity index (χ2v) is 6.02. The summed E-state index contributed by atoms with van der Waals surface area (Å²) >= 11 is 0. The van der Waals surface area contributed by atoms with Gasteiger partial charge in [0, 0.05) is 31.0 Å². The molecule has 1 atom stereocenters. The van der Waals surface area contributed by atoms with Crippen LogP contribution in [0.1, 0.15) is 47.2 Å². The molecule has 5 heteroatoms. The van der Waals surface area contributed by atoms with Gasteiger partial charge in [-0.3, -0.25) is 9.59 Å². The largest absolute Gasteiger partial charge is 0.352 e. The van der Waals surface area contributed by atoms with Crippen LogP contribution in [0.25, 0.3) is 0 Å². The molecule has 2 N–H and O–H groups in total. The van der Waals surface area contributed by atoms with Crippen LogP contribution < -0.4 is 10.6 Å². The van der Waals surface area contributed by atoms with Crippen LogP contribution in [0.2, 0.25) is 0 Å². The Labute approximate surface area is 137 Å². The SMILES string of the molecule is Cl.O=C(CCC(=O)c1ccc2c(c1)CCC2)NC1CCNC1. The molecule has 1 saturated heterocycles. The first kappa shape index (κ1) is 17.0. The molecule has 0 saturated carbocycles. The lowest BCUT2D eigenvalue weighted by atomic mass is 10.0. The zero-order valence-electron chi connectivity index (χ0n) is 12.7. The molecule has 0 radical (unpaired) electrons. The average Bonchev–Trinajstić information content (AvgIpc) is 3.14. The van der Waals surface area contributed by atoms with Gasteiger partial charge in [-0.05, 0) is 49.4 Å². The quantitative estimate of drug-likeness (QED) is 0.816. The molecule has 0 aromatic heterocycles. The summed E-state index contributed by atoms with van der Waals surface area (Å²) in [6, 6.07) is 6.22. The normalized spacial score (nSPS) is 19.4. The second kappa shape index (κ2) is 7.75. The molecule has 4 nitrogen and oxygen atoms in total. The van der Waals surface area contributed by atoms with E-state index >= 15 is 0 Å². The molecular formula is C17H23ClN2O2. The van der Waals surface area contributed by atoms with Crippen LogP contribution in [0.5, 0.6) is 0 Å². The summed E-state index contributed by atoms with van der Waals surface area (Å²) in [6.07, 6.45) is 4.94. The third kappa shape index (κ3) is 4.08. The monoisotopic (exact) mass is 322 g/mol. The number of amides is 1. The highest BCUT2D eigenvalue weighted by molar-refractivity contribution is 5.98. The first-order valence-electron chi connectivity index (χ1n) is 7.87. The molecule has 0 bridgehead atoms. The van der Waals surface area contributed by atoms with Crippen molar-refractivity contribution < 1.29 is 9.59 Å². The van der Waals surface area contributed by atoms with Crippen molar-refractivity contribution in [3.63, 3.8) is 0 Å². The molecule has 120 valence electrons. The number of aryl methyl sites for hydroxylation is 2. The Balaban J connectivity index is 0.00000176. The van der Waals surface area contributed by atoms with E-state index in [-0.39, 0.29) is 36.6 Å². The number of carbonyl (C=O) groups is 2. The summed E-state index contributed by atoms with van der Waals surface area (Å²) in [5, 5.41) is 6.18. The van der Waals surface area contributed by atoms with E-state index in [1.165, 1.54) is 17.5 Å². The van der Waals surface area contributed by atoms with E-state index in [1.807, 2.05) is 12.1 Å². The minimum Gasteiger partial charge on any atom is -0.352 e. The molecule has 1 aromatic rings. The number of rotatable bonds is 5. The molecule has 1 aromatic carbocycles. The smallest absolute Gasteiger partial charge is 0.220 e. The van der Waals surface area contributed by atoms with Gasteiger partial charge in [0.2, 0.25) is 5.91 Å². The Morgan fingerprint density at radius 2 is 2.00 bits per heavy atom. The summed E-state index contributed by atoms with van der Waals surface area (Å²) in [5.41, 5.74) is 3.44. The van der Waals surface area contributed by atoms with Gasteiger partial charge in [0.05, 0.1) is 0 Å². The topological polar surface area (TPSA) is 58.2 Å². The van der Waals surface area contributed by atoms with Crippen molar-refractivity contribution in [1.29, 1.82) is 0 Å². The summed E-state index contributed by atoms with van der Waals surface area (Å²) in [5.74, 6) is 0.0580. The average molecular weight is 323 g/mol. The van der Waals surface area contributed by atoms with Gasteiger partial charge < -0.3 is 10.6 Å². The molecule has 1 amide bonds. The number of nitrogens with one attached hydrogen (secondary N) is 2. The zero-order valence-corrected chi connectivity index (χ0v) is 13.5. The Morgan fingerprint density at radius 3 is 2.77 bits per heavy atom. The number of benzene rings is 1. The maximum Gasteiger partial charge on any atom is 0.220 e. The van der Waals surface area contributed by atoms with Crippen LogP contribution >= 0.6 is 12.4 Å². The van der Waals surface area contributed by atoms with E-state index in [0.717, 1.165) is 37.9 Å². The van der Waals surface area contributed by atoms with Gasteiger partial charge >= 0.3 is 0 Å². The second-order valence-electron chi connectivity index (χ2n) is 6.02. The number of fused-ring (bicyclic) bond motifs is 1. The number of hydrogen-bond donors (Lipinski definition) is 2. The van der Waals surface area contributed by atoms with Gasteiger partial charge in [0.25, 0.3) is 0 Å². The molecule has 2 aliphatic rings. The van der Waals surface area contributed by atoms with E-state index in [2.05, 4.69) is 16.7 Å². The van der Waals surface area contributed by atoms with Crippen LogP contribution in [0.4, 0.5) is 0 Å². The lowest BCUT2D eigenvalue weighted by Crippen LogP contribution is -2.36. The van der Waals surface area contributed by atoms with Gasteiger partial charge in [0.1, 0.15) is 0 Å². The van der Waals surface area contributed by atoms with Gasteiger partial charge in [-0.1, -0.05) is 12.1 Å². The Morgan fingerprint density at radius 1 is 1.18 bits per heavy atom. The highest BCUT2D eigenvalue weighted by Gasteiger charge is 2.18. The standard InChI is InChI=1S/C17H22N2O2.ClH/c20-16(6-7-17(21)19-15-8-9-18-11-15)14-5-4-12-2-1-3-13(12)10-14;/h4-5,10,15,18H,1-3,6-9,11H2,(H,19,21);1H. The van der Waals surface area contributed by atoms with Gasteiger partial charge in [-0.2, -0.15) is 0 Å². The Hall–Kier alpha value is -1.39. The number of ketones is 1. The Kier molecular flexibility index (Phi) is 5.98. The van der Waals surface area contributed by atoms with Crippen LogP contribution in [-0.4, -0.2) is 30.8 Å². The van der Waals surface area contributed by atoms with E-state index in [9.17, 15) is 9.59 Å². The predicted octanol–water partition coefficient (Wildman–Crippen LogP) is 2.04. The molecule has 0 spiro atoms. The highest BCUT2D eigenvalue weighted by atomic mass is 35.5. The first-order chi connectivity index (χ1) is 10.2. The van der Waals surface area contributed by atoms with Gasteiger partial charge in [0.15, 0.2) is 5.78 Å². The van der Waals surface area contributed by atoms with Gasteiger partial charge in [-0.15, -0.1) is 12.4 Å². The van der Waals surface area contributed by atoms with Crippen LogP contribution in [0.3, 0.4) is 0 Å². The van der Waals surface area contributed by atoms with Crippen molar-refractivity contribution in [2.45, 2.75) is 44.6 Å². The van der Waals surface area contributed by atoms with E-state index in [1.54, 1.807) is 0 Å². The minimum absolute atomic E-state index is 0. The fourth-order valence-corrected chi connectivity index (χ4v) is 3.19. The fraction of sp³-hybridized carbons (Fsp3) is 0.529. The molecule has 1 fully saturated rings. The summed E-state index contributed by atoms with van der Waals surface area (Å²) < 4.78 is 0. The lowest BCUT2D eigenvalue weighted by Gasteiger charge is -2.11. The molecule has 22 heavy (non-hydrogen) atoms. The van der Waals surface area contributed by atoms with Gasteiger partial charge in [-0.25, -0.2) is 0 Å². The maximum atomic E-state index is 12.2. The van der Waals surface area contributed by atoms with Crippen LogP contribution in [0.15, 0.2) is 18.2 Å². The third-order valence-corrected chi connectivity index (χ3v) is 4.43. The summed E-state index contributed by atoms with van der Waals surface area (Å²) in [4.78, 5) is 24.0. The molecular weight excluding hydrogens is 300 g/mol. The number of Topliss-reactive ketones (excluding diaryl/α,β-unsaturated/α-hetero) is 1. The van der Waals surface area contributed by atoms with Crippen molar-refractivity contribution in [2.75, 3.05) is 13.1 Å². The van der Waals surface area contributed by atoms with Crippen molar-refractivity contribution in [3.8, 4) is 0 Å². The molecule has 1 aliphatic carbocycles. The first-order valence-corrected chi connectivity index (χ1v) is 7.87. The number of carbonyl (C=O) groups excluding carboxylic acids is 2. The number of halogens is 1. The zero-order chi connectivity index (χ0) is 14.7. The molecule has 1 heterocycles. The minimum atomic E-state index is -0.0155. The van der Waals surface area contributed by atoms with Crippen molar-refractivity contribution in [1.82, 2.24) is 10.6 Å². The third-order valence-electron chi connectivity index (χ3n) is 4.43. The van der Waals surface area contributed by atoms with Crippen molar-refractivity contribution in [3.05, 3.63) is 34.9 Å². The molecule has 3 rings (SSSR count). The van der Waals surface area contributed by atoms with E-state index in [0.29, 0.717) is 6.42 Å². The van der Waals surface area contributed by atoms with Crippen molar-refractivity contribution in [2.24, 2.45) is 0 Å². The lowest BCUT2D eigenvalue weighted by molar-refractivity contribution is -0.121.